The number of nitrogens with one attached hydrogen (secondary N) is 1. The second-order valence-corrected chi connectivity index (χ2v) is 5.80. The third-order valence-electron chi connectivity index (χ3n) is 3.09. The number of benzene rings is 2. The predicted octanol–water partition coefficient (Wildman–Crippen LogP) is 4.22. The monoisotopic (exact) mass is 353 g/mol. The molecule has 0 atom stereocenters. The van der Waals surface area contributed by atoms with Crippen molar-refractivity contribution >= 4 is 46.2 Å². The molecule has 23 heavy (non-hydrogen) atoms. The molecule has 1 amide bonds. The molecule has 120 valence electrons. The van der Waals surface area contributed by atoms with Gasteiger partial charge in [0.2, 0.25) is 0 Å². The van der Waals surface area contributed by atoms with Crippen LogP contribution in [0.4, 0.5) is 17.1 Å². The summed E-state index contributed by atoms with van der Waals surface area (Å²) in [6, 6.07) is 8.90. The molecule has 0 aromatic heterocycles. The fourth-order valence-electron chi connectivity index (χ4n) is 2.04. The zero-order valence-electron chi connectivity index (χ0n) is 12.3. The zero-order valence-corrected chi connectivity index (χ0v) is 13.9. The van der Waals surface area contributed by atoms with Gasteiger partial charge in [-0.3, -0.25) is 14.9 Å². The molecule has 0 aliphatic carbocycles. The maximum Gasteiger partial charge on any atom is 0.283 e. The Labute approximate surface area is 142 Å². The van der Waals surface area contributed by atoms with Crippen molar-refractivity contribution in [2.75, 3.05) is 24.3 Å². The maximum atomic E-state index is 12.4. The second-order valence-electron chi connectivity index (χ2n) is 4.93. The summed E-state index contributed by atoms with van der Waals surface area (Å²) in [6.45, 7) is 0. The first-order valence-electron chi connectivity index (χ1n) is 6.51. The number of hydrogen-bond donors (Lipinski definition) is 1. The lowest BCUT2D eigenvalue weighted by molar-refractivity contribution is -0.385. The third kappa shape index (κ3) is 3.91. The number of halogens is 2. The van der Waals surface area contributed by atoms with Gasteiger partial charge in [0.05, 0.1) is 16.3 Å². The summed E-state index contributed by atoms with van der Waals surface area (Å²) in [5.74, 6) is -0.612. The van der Waals surface area contributed by atoms with Crippen molar-refractivity contribution in [1.29, 1.82) is 0 Å². The van der Waals surface area contributed by atoms with Crippen LogP contribution in [-0.4, -0.2) is 24.9 Å². The smallest absolute Gasteiger partial charge is 0.283 e. The van der Waals surface area contributed by atoms with Gasteiger partial charge < -0.3 is 10.2 Å². The van der Waals surface area contributed by atoms with E-state index in [1.54, 1.807) is 23.1 Å². The number of anilines is 2. The molecule has 0 spiro atoms. The van der Waals surface area contributed by atoms with E-state index in [-0.39, 0.29) is 16.3 Å². The Morgan fingerprint density at radius 1 is 1.13 bits per heavy atom. The van der Waals surface area contributed by atoms with Crippen LogP contribution in [0.2, 0.25) is 10.0 Å². The van der Waals surface area contributed by atoms with Crippen molar-refractivity contribution < 1.29 is 9.72 Å². The van der Waals surface area contributed by atoms with E-state index in [0.29, 0.717) is 10.7 Å². The highest BCUT2D eigenvalue weighted by molar-refractivity contribution is 6.31. The number of nitrogens with zero attached hydrogens (tertiary/aromatic N) is 2. The van der Waals surface area contributed by atoms with Crippen LogP contribution >= 0.6 is 23.2 Å². The summed E-state index contributed by atoms with van der Waals surface area (Å²) in [5.41, 5.74) is 0.739. The molecule has 2 aromatic carbocycles. The first-order valence-corrected chi connectivity index (χ1v) is 7.27. The number of amides is 1. The normalized spacial score (nSPS) is 10.3. The first-order chi connectivity index (χ1) is 10.8. The van der Waals surface area contributed by atoms with Crippen LogP contribution in [0.1, 0.15) is 10.4 Å². The van der Waals surface area contributed by atoms with Gasteiger partial charge in [0.25, 0.3) is 11.6 Å². The van der Waals surface area contributed by atoms with E-state index in [2.05, 4.69) is 5.32 Å². The van der Waals surface area contributed by atoms with E-state index in [4.69, 9.17) is 23.2 Å². The summed E-state index contributed by atoms with van der Waals surface area (Å²) in [4.78, 5) is 24.7. The molecule has 0 heterocycles. The van der Waals surface area contributed by atoms with Gasteiger partial charge >= 0.3 is 0 Å². The van der Waals surface area contributed by atoms with Crippen LogP contribution in [-0.2, 0) is 0 Å². The predicted molar refractivity (Wildman–Crippen MR) is 91.8 cm³/mol. The summed E-state index contributed by atoms with van der Waals surface area (Å²) in [6.07, 6.45) is 0. The van der Waals surface area contributed by atoms with Gasteiger partial charge in [-0.05, 0) is 30.3 Å². The van der Waals surface area contributed by atoms with Gasteiger partial charge in [0, 0.05) is 30.2 Å². The second kappa shape index (κ2) is 6.85. The zero-order chi connectivity index (χ0) is 17.1. The highest BCUT2D eigenvalue weighted by Gasteiger charge is 2.21. The number of carbonyl (C=O) groups is 1. The van der Waals surface area contributed by atoms with E-state index in [1.807, 2.05) is 14.1 Å². The lowest BCUT2D eigenvalue weighted by atomic mass is 10.1. The van der Waals surface area contributed by atoms with Crippen molar-refractivity contribution in [2.24, 2.45) is 0 Å². The first kappa shape index (κ1) is 17.1. The SMILES string of the molecule is CN(C)c1ccc(Cl)cc1NC(=O)c1ccc(Cl)cc1[N+](=O)[O-]. The van der Waals surface area contributed by atoms with Gasteiger partial charge in [0.1, 0.15) is 5.56 Å². The Balaban J connectivity index is 2.41. The molecular formula is C15H13Cl2N3O3. The molecule has 6 nitrogen and oxygen atoms in total. The van der Waals surface area contributed by atoms with Crippen molar-refractivity contribution in [1.82, 2.24) is 0 Å². The van der Waals surface area contributed by atoms with Crippen molar-refractivity contribution in [3.63, 3.8) is 0 Å². The largest absolute Gasteiger partial charge is 0.376 e. The molecule has 0 saturated heterocycles. The Kier molecular flexibility index (Phi) is 5.08. The molecule has 0 radical (unpaired) electrons. The van der Waals surface area contributed by atoms with Gasteiger partial charge in [-0.15, -0.1) is 0 Å². The van der Waals surface area contributed by atoms with Crippen LogP contribution in [0.5, 0.6) is 0 Å². The molecule has 2 rings (SSSR count). The maximum absolute atomic E-state index is 12.4. The molecular weight excluding hydrogens is 341 g/mol. The fourth-order valence-corrected chi connectivity index (χ4v) is 2.37. The molecule has 8 heteroatoms. The molecule has 0 bridgehead atoms. The van der Waals surface area contributed by atoms with E-state index >= 15 is 0 Å². The van der Waals surface area contributed by atoms with Gasteiger partial charge in [-0.2, -0.15) is 0 Å². The van der Waals surface area contributed by atoms with E-state index in [1.165, 1.54) is 12.1 Å². The highest BCUT2D eigenvalue weighted by Crippen LogP contribution is 2.30. The number of rotatable bonds is 4. The highest BCUT2D eigenvalue weighted by atomic mass is 35.5. The molecule has 0 aliphatic rings. The molecule has 0 unspecified atom stereocenters. The summed E-state index contributed by atoms with van der Waals surface area (Å²) in [5, 5.41) is 14.4. The number of nitro benzene ring substituents is 1. The molecule has 1 N–H and O–H groups in total. The lowest BCUT2D eigenvalue weighted by Crippen LogP contribution is -2.17. The van der Waals surface area contributed by atoms with Crippen molar-refractivity contribution in [2.45, 2.75) is 0 Å². The summed E-state index contributed by atoms with van der Waals surface area (Å²) in [7, 11) is 3.62. The van der Waals surface area contributed by atoms with E-state index in [0.717, 1.165) is 11.8 Å². The number of hydrogen-bond acceptors (Lipinski definition) is 4. The Hall–Kier alpha value is -2.31. The minimum atomic E-state index is -0.647. The fraction of sp³-hybridized carbons (Fsp3) is 0.133. The molecule has 0 saturated carbocycles. The van der Waals surface area contributed by atoms with Crippen LogP contribution in [0.15, 0.2) is 36.4 Å². The van der Waals surface area contributed by atoms with Crippen LogP contribution in [0.25, 0.3) is 0 Å². The van der Waals surface area contributed by atoms with E-state index < -0.39 is 10.8 Å². The average Bonchev–Trinajstić information content (AvgIpc) is 2.46. The van der Waals surface area contributed by atoms with Crippen molar-refractivity contribution in [3.8, 4) is 0 Å². The van der Waals surface area contributed by atoms with Crippen LogP contribution < -0.4 is 10.2 Å². The minimum absolute atomic E-state index is 0.0796. The van der Waals surface area contributed by atoms with Crippen LogP contribution in [0.3, 0.4) is 0 Å². The Bertz CT molecular complexity index is 779. The summed E-state index contributed by atoms with van der Waals surface area (Å²) >= 11 is 11.7. The van der Waals surface area contributed by atoms with Crippen LogP contribution in [0, 0.1) is 10.1 Å². The summed E-state index contributed by atoms with van der Waals surface area (Å²) < 4.78 is 0. The van der Waals surface area contributed by atoms with Gasteiger partial charge in [-0.25, -0.2) is 0 Å². The topological polar surface area (TPSA) is 75.5 Å². The Morgan fingerprint density at radius 3 is 2.35 bits per heavy atom. The molecule has 0 fully saturated rings. The standard InChI is InChI=1S/C15H13Cl2N3O3/c1-19(2)13-6-4-9(16)7-12(13)18-15(21)11-5-3-10(17)8-14(11)20(22)23/h3-8H,1-2H3,(H,18,21). The van der Waals surface area contributed by atoms with E-state index in [9.17, 15) is 14.9 Å². The number of nitro groups is 1. The average molecular weight is 354 g/mol. The molecule has 2 aromatic rings. The lowest BCUT2D eigenvalue weighted by Gasteiger charge is -2.18. The van der Waals surface area contributed by atoms with Gasteiger partial charge in [0.15, 0.2) is 0 Å². The van der Waals surface area contributed by atoms with Gasteiger partial charge in [-0.1, -0.05) is 23.2 Å². The number of carbonyl (C=O) groups excluding carboxylic acids is 1. The quantitative estimate of drug-likeness (QED) is 0.659. The Morgan fingerprint density at radius 2 is 1.74 bits per heavy atom. The van der Waals surface area contributed by atoms with Crippen molar-refractivity contribution in [3.05, 3.63) is 62.1 Å². The molecule has 0 aliphatic heterocycles. The third-order valence-corrected chi connectivity index (χ3v) is 3.56. The minimum Gasteiger partial charge on any atom is -0.376 e.